The lowest BCUT2D eigenvalue weighted by atomic mass is 10.0. The average Bonchev–Trinajstić information content (AvgIpc) is 1.79. The van der Waals surface area contributed by atoms with Crippen LogP contribution in [0.15, 0.2) is 151 Å². The normalized spacial score (nSPS) is 10.6. The molecule has 3 aromatic carbocycles. The van der Waals surface area contributed by atoms with Gasteiger partial charge in [-0.15, -0.1) is 0 Å². The Hall–Kier alpha value is -15.3. The number of benzene rings is 3. The van der Waals surface area contributed by atoms with Crippen LogP contribution in [0.5, 0.6) is 0 Å². The van der Waals surface area contributed by atoms with Crippen LogP contribution in [-0.4, -0.2) is 155 Å². The summed E-state index contributed by atoms with van der Waals surface area (Å²) in [6, 6.07) is 26.8. The maximum absolute atomic E-state index is 12.9. The van der Waals surface area contributed by atoms with Crippen molar-refractivity contribution in [3.63, 3.8) is 0 Å². The fourth-order valence-corrected chi connectivity index (χ4v) is 10.0. The van der Waals surface area contributed by atoms with Crippen LogP contribution in [0.2, 0.25) is 0 Å². The molecule has 109 heavy (non-hydrogen) atoms. The number of hydrogen-bond donors (Lipinski definition) is 0. The van der Waals surface area contributed by atoms with Gasteiger partial charge in [-0.1, -0.05) is 48.5 Å². The number of hydrogen-bond acceptors (Lipinski definition) is 32. The molecule has 0 fully saturated rings. The molecule has 0 atom stereocenters. The summed E-state index contributed by atoms with van der Waals surface area (Å²) in [7, 11) is 0. The number of non-ortho nitro benzene ring substituents is 1. The number of ether oxygens (including phenoxy) is 5. The highest BCUT2D eigenvalue weighted by atomic mass is 16.7. The van der Waals surface area contributed by atoms with Crippen molar-refractivity contribution < 1.29 is 86.5 Å². The maximum Gasteiger partial charge on any atom is 0.433 e. The predicted molar refractivity (Wildman–Crippen MR) is 369 cm³/mol. The van der Waals surface area contributed by atoms with Gasteiger partial charge in [-0.25, -0.2) is 76.7 Å². The van der Waals surface area contributed by atoms with Gasteiger partial charge in [-0.3, -0.25) is 25.2 Å². The molecule has 0 radical (unpaired) electrons. The first-order chi connectivity index (χ1) is 52.0. The molecule has 0 N–H and O–H groups in total. The van der Waals surface area contributed by atoms with Crippen LogP contribution >= 0.6 is 0 Å². The largest absolute Gasteiger partial charge is 0.458 e. The van der Waals surface area contributed by atoms with Crippen molar-refractivity contribution in [2.45, 2.75) is 67.3 Å². The second-order valence-electron chi connectivity index (χ2n) is 22.1. The number of pyridine rings is 2. The number of aryl methyl sites for hydroxylation is 5. The van der Waals surface area contributed by atoms with Crippen LogP contribution in [0.25, 0.3) is 22.2 Å². The molecule has 564 valence electrons. The molecule has 0 bridgehead atoms. The van der Waals surface area contributed by atoms with Gasteiger partial charge >= 0.3 is 64.8 Å². The summed E-state index contributed by atoms with van der Waals surface area (Å²) in [5.74, 6) is -3.90. The van der Waals surface area contributed by atoms with E-state index in [1.54, 1.807) is 45.2 Å². The molecule has 11 aromatic rings. The van der Waals surface area contributed by atoms with E-state index in [0.717, 1.165) is 54.5 Å². The molecule has 0 aliphatic rings. The van der Waals surface area contributed by atoms with Gasteiger partial charge in [-0.05, 0) is 61.0 Å². The molecule has 0 saturated heterocycles. The summed E-state index contributed by atoms with van der Waals surface area (Å²) in [6.07, 6.45) is 8.54. The lowest BCUT2D eigenvalue weighted by Crippen LogP contribution is -2.16. The molecule has 44 nitrogen and oxygen atoms in total. The van der Waals surface area contributed by atoms with Gasteiger partial charge in [0, 0.05) is 70.1 Å². The van der Waals surface area contributed by atoms with Gasteiger partial charge in [0.2, 0.25) is 5.76 Å². The summed E-state index contributed by atoms with van der Waals surface area (Å²) in [6.45, 7) is 7.27. The number of aromatic nitrogens is 12. The maximum atomic E-state index is 12.9. The fraction of sp³-hybridized carbons (Fsp3) is 0.231. The number of carbonyl (C=O) groups is 5. The quantitative estimate of drug-likeness (QED) is 0.0191. The third-order valence-electron chi connectivity index (χ3n) is 15.3. The Kier molecular flexibility index (Phi) is 26.7. The third kappa shape index (κ3) is 20.8. The molecule has 0 saturated carbocycles. The Morgan fingerprint density at radius 3 is 1.13 bits per heavy atom. The third-order valence-corrected chi connectivity index (χ3v) is 15.3. The first-order valence-electron chi connectivity index (χ1n) is 31.6. The van der Waals surface area contributed by atoms with Crippen LogP contribution in [-0.2, 0) is 56.4 Å². The van der Waals surface area contributed by atoms with Crippen molar-refractivity contribution in [1.82, 2.24) is 57.7 Å². The number of furan rings is 1. The Morgan fingerprint density at radius 1 is 0.385 bits per heavy atom. The summed E-state index contributed by atoms with van der Waals surface area (Å²) in [5.41, 5.74) is 1.76. The van der Waals surface area contributed by atoms with Crippen LogP contribution < -0.4 is 0 Å². The smallest absolute Gasteiger partial charge is 0.433 e. The van der Waals surface area contributed by atoms with Crippen molar-refractivity contribution in [2.24, 2.45) is 0 Å². The zero-order chi connectivity index (χ0) is 79.2. The Morgan fingerprint density at radius 2 is 0.761 bits per heavy atom. The Balaban J connectivity index is 0.000000188. The lowest BCUT2D eigenvalue weighted by Gasteiger charge is -2.10. The molecule has 0 aliphatic carbocycles. The minimum atomic E-state index is -1.01. The van der Waals surface area contributed by atoms with E-state index < -0.39 is 75.9 Å². The SMILES string of the molecule is Cc1ncc([N+](=O)[O-])n1CCOC(=O)c1cc(-c2ccccc2)nc2ccccc12.Cc1ncc([N+](=O)[O-])n1CCOC(=O)c1cc(C(=O)OCCn2c([N+](=O)[O-])cnc2C)cc([N+](=O)[O-])c1.Cc1ncc([N+](=O)[O-])n1CCOC(=O)c1ccc([N+](=O)[O-])o1.Cc1ncc([N+](=O)[O-])n1CCOC(=O)c1cccnc1. The molecule has 0 amide bonds. The summed E-state index contributed by atoms with van der Waals surface area (Å²) >= 11 is 0. The number of nitro groups is 7. The van der Waals surface area contributed by atoms with Crippen molar-refractivity contribution in [3.8, 4) is 11.3 Å². The molecule has 44 heteroatoms. The van der Waals surface area contributed by atoms with E-state index in [1.807, 2.05) is 54.6 Å². The predicted octanol–water partition coefficient (Wildman–Crippen LogP) is 9.12. The van der Waals surface area contributed by atoms with Crippen LogP contribution in [0, 0.1) is 105 Å². The van der Waals surface area contributed by atoms with E-state index in [-0.39, 0.29) is 112 Å². The number of fused-ring (bicyclic) bond motifs is 1. The van der Waals surface area contributed by atoms with Gasteiger partial charge in [0.1, 0.15) is 102 Å². The van der Waals surface area contributed by atoms with E-state index in [2.05, 4.69) is 39.3 Å². The number of imidazole rings is 5. The van der Waals surface area contributed by atoms with Gasteiger partial charge in [0.15, 0.2) is 29.1 Å². The molecular formula is C65H59N19O25. The number of nitro benzene ring substituents is 1. The van der Waals surface area contributed by atoms with Crippen LogP contribution in [0.3, 0.4) is 0 Å². The van der Waals surface area contributed by atoms with Crippen LogP contribution in [0.1, 0.15) is 81.1 Å². The number of esters is 5. The van der Waals surface area contributed by atoms with Crippen molar-refractivity contribution >= 4 is 81.4 Å². The molecule has 0 spiro atoms. The Labute approximate surface area is 609 Å². The molecule has 0 aliphatic heterocycles. The van der Waals surface area contributed by atoms with E-state index in [4.69, 9.17) is 23.7 Å². The van der Waals surface area contributed by atoms with Crippen LogP contribution in [0.4, 0.5) is 40.7 Å². The highest BCUT2D eigenvalue weighted by molar-refractivity contribution is 6.04. The topological polar surface area (TPSA) is 561 Å². The molecule has 8 aromatic heterocycles. The minimum Gasteiger partial charge on any atom is -0.458 e. The zero-order valence-electron chi connectivity index (χ0n) is 57.6. The second-order valence-corrected chi connectivity index (χ2v) is 22.1. The van der Waals surface area contributed by atoms with Gasteiger partial charge in [-0.2, -0.15) is 0 Å². The summed E-state index contributed by atoms with van der Waals surface area (Å²) in [4.78, 5) is 161. The first kappa shape index (κ1) is 79.4. The van der Waals surface area contributed by atoms with Crippen molar-refractivity contribution in [2.75, 3.05) is 33.0 Å². The van der Waals surface area contributed by atoms with Gasteiger partial charge in [0.05, 0.1) is 44.5 Å². The number of nitrogens with zero attached hydrogens (tertiary/aromatic N) is 19. The Bertz CT molecular complexity index is 5140. The monoisotopic (exact) mass is 1510 g/mol. The minimum absolute atomic E-state index is 0.0196. The van der Waals surface area contributed by atoms with Crippen molar-refractivity contribution in [3.05, 3.63) is 274 Å². The summed E-state index contributed by atoms with van der Waals surface area (Å²) < 4.78 is 36.7. The highest BCUT2D eigenvalue weighted by Crippen LogP contribution is 2.27. The molecule has 11 rings (SSSR count). The average molecular weight is 1510 g/mol. The second kappa shape index (κ2) is 36.7. The molecule has 8 heterocycles. The highest BCUT2D eigenvalue weighted by Gasteiger charge is 2.27. The van der Waals surface area contributed by atoms with E-state index in [0.29, 0.717) is 56.8 Å². The van der Waals surface area contributed by atoms with Crippen molar-refractivity contribution in [1.29, 1.82) is 0 Å². The lowest BCUT2D eigenvalue weighted by molar-refractivity contribution is -0.402. The van der Waals surface area contributed by atoms with E-state index in [1.165, 1.54) is 55.3 Å². The number of carbonyl (C=O) groups excluding carboxylic acids is 5. The number of para-hydroxylation sites is 1. The van der Waals surface area contributed by atoms with E-state index in [9.17, 15) is 94.8 Å². The van der Waals surface area contributed by atoms with Gasteiger partial charge in [0.25, 0.3) is 5.69 Å². The number of rotatable bonds is 28. The standard InChI is InChI=1S/C22H18N4O4.C20H19N7O10.C12H12N4O4.C11H10N4O7/c1-15-23-14-21(26(28)29)25(15)11-12-30-22(27)18-13-20(16-7-3-2-4-8-16)24-19-10-6-5-9-17(18)19;1-12-21-10-17(26(32)33)23(12)3-5-36-19(28)14-7-15(9-16(8-14)25(30)31)20(29)37-6-4-24-13(2)22-11-18(24)27(34)35;1-9-14-8-11(16(18)19)15(9)5-6-20-12(17)10-3-2-4-13-7-10;1-7-12-6-9(14(17)18)13(7)4-5-21-11(16)8-2-3-10(22-8)15(19)20/h2-10,13-14H,11-12H2,1H3;7-11H,3-6H2,1-2H3;2-4,7-8H,5-6H2,1H3;2-3,6H,4-5H2,1H3. The van der Waals surface area contributed by atoms with E-state index >= 15 is 0 Å². The first-order valence-corrected chi connectivity index (χ1v) is 31.6. The zero-order valence-corrected chi connectivity index (χ0v) is 57.6. The fourth-order valence-electron chi connectivity index (χ4n) is 10.0. The molecular weight excluding hydrogens is 1450 g/mol. The summed E-state index contributed by atoms with van der Waals surface area (Å²) in [5, 5.41) is 77.2. The van der Waals surface area contributed by atoms with Gasteiger partial charge < -0.3 is 78.7 Å². The molecule has 0 unspecified atom stereocenters.